The molecule has 0 aromatic carbocycles. The highest BCUT2D eigenvalue weighted by molar-refractivity contribution is 5.70. The molecule has 0 radical (unpaired) electrons. The molecular weight excluding hydrogens is 376 g/mol. The van der Waals surface area contributed by atoms with Crippen molar-refractivity contribution in [3.8, 4) is 17.1 Å². The van der Waals surface area contributed by atoms with Crippen LogP contribution < -0.4 is 4.74 Å². The summed E-state index contributed by atoms with van der Waals surface area (Å²) in [6.45, 7) is 1.87. The van der Waals surface area contributed by atoms with Crippen molar-refractivity contribution in [2.75, 3.05) is 0 Å². The minimum absolute atomic E-state index is 0.110. The van der Waals surface area contributed by atoms with Gasteiger partial charge in [-0.15, -0.1) is 15.3 Å². The Kier molecular flexibility index (Phi) is 5.19. The van der Waals surface area contributed by atoms with Gasteiger partial charge in [-0.25, -0.2) is 4.98 Å². The molecule has 29 heavy (non-hydrogen) atoms. The first-order valence-electron chi connectivity index (χ1n) is 9.49. The highest BCUT2D eigenvalue weighted by atomic mass is 16.5. The molecule has 0 saturated heterocycles. The van der Waals surface area contributed by atoms with Crippen LogP contribution in [-0.2, 0) is 18.3 Å². The molecule has 3 heterocycles. The van der Waals surface area contributed by atoms with E-state index in [0.29, 0.717) is 42.2 Å². The first-order valence-corrected chi connectivity index (χ1v) is 9.49. The number of aryl methyl sites for hydroxylation is 2. The van der Waals surface area contributed by atoms with Crippen molar-refractivity contribution in [2.24, 2.45) is 13.0 Å². The number of carboxylic acids is 1. The maximum Gasteiger partial charge on any atom is 0.306 e. The lowest BCUT2D eigenvalue weighted by molar-refractivity contribution is -0.143. The lowest BCUT2D eigenvalue weighted by Crippen LogP contribution is -2.29. The zero-order valence-electron chi connectivity index (χ0n) is 16.2. The SMILES string of the molecule is Cc1nc(-c2nnn(C)c2Cc2nn[nH]n2)ccc1OC1CCCC(C(=O)O)C1. The molecule has 3 aromatic heterocycles. The number of H-pyrrole nitrogens is 1. The highest BCUT2D eigenvalue weighted by Gasteiger charge is 2.28. The molecule has 0 spiro atoms. The number of aliphatic carboxylic acids is 1. The molecule has 3 aromatic rings. The van der Waals surface area contributed by atoms with Gasteiger partial charge in [0, 0.05) is 7.05 Å². The number of nitrogens with one attached hydrogen (secondary N) is 1. The molecule has 2 N–H and O–H groups in total. The quantitative estimate of drug-likeness (QED) is 0.627. The van der Waals surface area contributed by atoms with Gasteiger partial charge in [-0.1, -0.05) is 10.4 Å². The summed E-state index contributed by atoms with van der Waals surface area (Å²) in [5, 5.41) is 31.6. The summed E-state index contributed by atoms with van der Waals surface area (Å²) in [6.07, 6.45) is 3.25. The van der Waals surface area contributed by atoms with Crippen molar-refractivity contribution in [3.63, 3.8) is 0 Å². The molecule has 1 aliphatic carbocycles. The van der Waals surface area contributed by atoms with E-state index in [0.717, 1.165) is 24.2 Å². The van der Waals surface area contributed by atoms with Gasteiger partial charge in [-0.05, 0) is 44.7 Å². The minimum atomic E-state index is -0.750. The van der Waals surface area contributed by atoms with Crippen molar-refractivity contribution in [1.82, 2.24) is 40.6 Å². The van der Waals surface area contributed by atoms with E-state index in [9.17, 15) is 9.90 Å². The number of tetrazole rings is 1. The smallest absolute Gasteiger partial charge is 0.306 e. The summed E-state index contributed by atoms with van der Waals surface area (Å²) in [5.74, 6) is 0.112. The summed E-state index contributed by atoms with van der Waals surface area (Å²) >= 11 is 0. The number of hydrogen-bond acceptors (Lipinski definition) is 8. The zero-order chi connectivity index (χ0) is 20.4. The summed E-state index contributed by atoms with van der Waals surface area (Å²) in [7, 11) is 1.80. The Hall–Kier alpha value is -3.37. The van der Waals surface area contributed by atoms with E-state index < -0.39 is 5.97 Å². The average molecular weight is 398 g/mol. The number of nitrogens with zero attached hydrogens (tertiary/aromatic N) is 7. The average Bonchev–Trinajstić information content (AvgIpc) is 3.34. The van der Waals surface area contributed by atoms with Gasteiger partial charge in [0.15, 0.2) is 5.82 Å². The fourth-order valence-corrected chi connectivity index (χ4v) is 3.64. The molecule has 4 rings (SSSR count). The predicted octanol–water partition coefficient (Wildman–Crippen LogP) is 1.31. The lowest BCUT2D eigenvalue weighted by atomic mass is 9.87. The fraction of sp³-hybridized carbons (Fsp3) is 0.500. The van der Waals surface area contributed by atoms with Crippen LogP contribution in [0.2, 0.25) is 0 Å². The van der Waals surface area contributed by atoms with Crippen molar-refractivity contribution < 1.29 is 14.6 Å². The molecule has 1 saturated carbocycles. The number of carbonyl (C=O) groups is 1. The third-order valence-corrected chi connectivity index (χ3v) is 5.21. The summed E-state index contributed by atoms with van der Waals surface area (Å²) in [5.41, 5.74) is 2.86. The standard InChI is InChI=1S/C18H22N8O3/c1-10-15(29-12-5-3-4-11(8-12)18(27)28)7-6-13(19-10)17-14(26(2)25-22-17)9-16-20-23-24-21-16/h6-7,11-12H,3-5,8-9H2,1-2H3,(H,27,28)(H,20,21,23,24). The molecule has 1 fully saturated rings. The Balaban J connectivity index is 1.53. The van der Waals surface area contributed by atoms with Crippen molar-refractivity contribution in [2.45, 2.75) is 45.1 Å². The molecule has 0 amide bonds. The Labute approximate surface area is 166 Å². The molecule has 152 valence electrons. The van der Waals surface area contributed by atoms with Gasteiger partial charge in [-0.3, -0.25) is 9.48 Å². The third-order valence-electron chi connectivity index (χ3n) is 5.21. The zero-order valence-corrected chi connectivity index (χ0v) is 16.2. The van der Waals surface area contributed by atoms with E-state index >= 15 is 0 Å². The molecule has 2 unspecified atom stereocenters. The highest BCUT2D eigenvalue weighted by Crippen LogP contribution is 2.30. The number of hydrogen-bond donors (Lipinski definition) is 2. The van der Waals surface area contributed by atoms with Gasteiger partial charge in [0.25, 0.3) is 0 Å². The van der Waals surface area contributed by atoms with E-state index in [-0.39, 0.29) is 12.0 Å². The number of aromatic amines is 1. The Bertz CT molecular complexity index is 1000. The monoisotopic (exact) mass is 398 g/mol. The van der Waals surface area contributed by atoms with Gasteiger partial charge in [0.1, 0.15) is 11.4 Å². The molecule has 11 nitrogen and oxygen atoms in total. The van der Waals surface area contributed by atoms with Crippen LogP contribution in [0.3, 0.4) is 0 Å². The number of aromatic nitrogens is 8. The number of ether oxygens (including phenoxy) is 1. The first-order chi connectivity index (χ1) is 14.0. The number of carboxylic acid groups (broad SMARTS) is 1. The molecule has 11 heteroatoms. The number of pyridine rings is 1. The summed E-state index contributed by atoms with van der Waals surface area (Å²) < 4.78 is 7.75. The lowest BCUT2D eigenvalue weighted by Gasteiger charge is -2.27. The van der Waals surface area contributed by atoms with Crippen LogP contribution >= 0.6 is 0 Å². The van der Waals surface area contributed by atoms with Crippen molar-refractivity contribution in [1.29, 1.82) is 0 Å². The molecule has 0 bridgehead atoms. The second-order valence-electron chi connectivity index (χ2n) is 7.23. The van der Waals surface area contributed by atoms with Crippen LogP contribution in [0.5, 0.6) is 5.75 Å². The van der Waals surface area contributed by atoms with Gasteiger partial charge >= 0.3 is 5.97 Å². The van der Waals surface area contributed by atoms with Crippen LogP contribution in [-0.4, -0.2) is 57.8 Å². The van der Waals surface area contributed by atoms with E-state index in [2.05, 4.69) is 35.9 Å². The van der Waals surface area contributed by atoms with Crippen molar-refractivity contribution >= 4 is 5.97 Å². The summed E-state index contributed by atoms with van der Waals surface area (Å²) in [6, 6.07) is 3.69. The predicted molar refractivity (Wildman–Crippen MR) is 100.0 cm³/mol. The van der Waals surface area contributed by atoms with Gasteiger partial charge in [0.05, 0.1) is 35.5 Å². The molecule has 2 atom stereocenters. The molecule has 1 aliphatic rings. The van der Waals surface area contributed by atoms with Gasteiger partial charge < -0.3 is 9.84 Å². The topological polar surface area (TPSA) is 145 Å². The fourth-order valence-electron chi connectivity index (χ4n) is 3.64. The van der Waals surface area contributed by atoms with Crippen LogP contribution in [0.4, 0.5) is 0 Å². The van der Waals surface area contributed by atoms with Crippen molar-refractivity contribution in [3.05, 3.63) is 29.3 Å². The first kappa shape index (κ1) is 19.0. The van der Waals surface area contributed by atoms with E-state index in [1.807, 2.05) is 19.1 Å². The normalized spacial score (nSPS) is 19.2. The summed E-state index contributed by atoms with van der Waals surface area (Å²) in [4.78, 5) is 15.9. The Morgan fingerprint density at radius 1 is 1.34 bits per heavy atom. The van der Waals surface area contributed by atoms with Crippen LogP contribution in [0.15, 0.2) is 12.1 Å². The third kappa shape index (κ3) is 4.08. The van der Waals surface area contributed by atoms with Crippen LogP contribution in [0.1, 0.15) is 42.9 Å². The largest absolute Gasteiger partial charge is 0.489 e. The van der Waals surface area contributed by atoms with E-state index in [1.54, 1.807) is 11.7 Å². The molecular formula is C18H22N8O3. The maximum atomic E-state index is 11.3. The second-order valence-corrected chi connectivity index (χ2v) is 7.23. The van der Waals surface area contributed by atoms with Crippen LogP contribution in [0.25, 0.3) is 11.4 Å². The van der Waals surface area contributed by atoms with Gasteiger partial charge in [-0.2, -0.15) is 5.21 Å². The van der Waals surface area contributed by atoms with Gasteiger partial charge in [0.2, 0.25) is 0 Å². The maximum absolute atomic E-state index is 11.3. The minimum Gasteiger partial charge on any atom is -0.489 e. The van der Waals surface area contributed by atoms with Crippen LogP contribution in [0, 0.1) is 12.8 Å². The second kappa shape index (κ2) is 7.94. The Morgan fingerprint density at radius 3 is 2.93 bits per heavy atom. The number of rotatable bonds is 6. The van der Waals surface area contributed by atoms with E-state index in [4.69, 9.17) is 4.74 Å². The Morgan fingerprint density at radius 2 is 2.21 bits per heavy atom. The van der Waals surface area contributed by atoms with E-state index in [1.165, 1.54) is 0 Å². The molecule has 0 aliphatic heterocycles.